The van der Waals surface area contributed by atoms with E-state index in [9.17, 15) is 0 Å². The van der Waals surface area contributed by atoms with Crippen molar-refractivity contribution in [1.82, 2.24) is 5.32 Å². The lowest BCUT2D eigenvalue weighted by molar-refractivity contribution is 0.327. The van der Waals surface area contributed by atoms with Crippen LogP contribution in [0.25, 0.3) is 0 Å². The van der Waals surface area contributed by atoms with Gasteiger partial charge < -0.3 is 5.32 Å². The maximum Gasteiger partial charge on any atom is 0.0451 e. The van der Waals surface area contributed by atoms with Crippen molar-refractivity contribution < 1.29 is 0 Å². The quantitative estimate of drug-likeness (QED) is 0.836. The molecular weight excluding hydrogens is 286 g/mol. The van der Waals surface area contributed by atoms with Crippen LogP contribution in [0, 0.1) is 5.41 Å². The highest BCUT2D eigenvalue weighted by molar-refractivity contribution is 9.10. The summed E-state index contributed by atoms with van der Waals surface area (Å²) in [5.41, 5.74) is 1.49. The number of benzene rings is 1. The summed E-state index contributed by atoms with van der Waals surface area (Å²) in [7, 11) is 0. The van der Waals surface area contributed by atoms with Crippen LogP contribution in [0.2, 0.25) is 5.02 Å². The van der Waals surface area contributed by atoms with Crippen molar-refractivity contribution in [3.05, 3.63) is 33.3 Å². The first kappa shape index (κ1) is 14.0. The lowest BCUT2D eigenvalue weighted by atomic mass is 9.90. The van der Waals surface area contributed by atoms with E-state index in [1.807, 2.05) is 12.1 Å². The standard InChI is InChI=1S/C13H19BrClN/c1-4-13(2,3)9-16-8-10-7-11(14)5-6-12(10)15/h5-7,16H,4,8-9H2,1-3H3. The molecule has 0 bridgehead atoms. The zero-order valence-electron chi connectivity index (χ0n) is 10.1. The fraction of sp³-hybridized carbons (Fsp3) is 0.538. The highest BCUT2D eigenvalue weighted by atomic mass is 79.9. The minimum absolute atomic E-state index is 0.346. The van der Waals surface area contributed by atoms with Gasteiger partial charge >= 0.3 is 0 Å². The van der Waals surface area contributed by atoms with E-state index in [2.05, 4.69) is 48.1 Å². The average molecular weight is 305 g/mol. The van der Waals surface area contributed by atoms with Crippen LogP contribution in [0.15, 0.2) is 22.7 Å². The smallest absolute Gasteiger partial charge is 0.0451 e. The summed E-state index contributed by atoms with van der Waals surface area (Å²) in [6.07, 6.45) is 1.17. The Morgan fingerprint density at radius 1 is 1.38 bits per heavy atom. The van der Waals surface area contributed by atoms with Crippen molar-refractivity contribution in [2.24, 2.45) is 5.41 Å². The molecule has 0 atom stereocenters. The molecule has 0 fully saturated rings. The maximum atomic E-state index is 6.12. The summed E-state index contributed by atoms with van der Waals surface area (Å²) < 4.78 is 1.07. The van der Waals surface area contributed by atoms with Crippen LogP contribution in [0.1, 0.15) is 32.8 Å². The molecule has 0 unspecified atom stereocenters. The Kier molecular flexibility index (Phi) is 5.29. The molecule has 1 rings (SSSR count). The van der Waals surface area contributed by atoms with E-state index in [1.165, 1.54) is 6.42 Å². The van der Waals surface area contributed by atoms with Crippen molar-refractivity contribution in [3.63, 3.8) is 0 Å². The van der Waals surface area contributed by atoms with Crippen LogP contribution in [0.5, 0.6) is 0 Å². The molecule has 3 heteroatoms. The van der Waals surface area contributed by atoms with Gasteiger partial charge in [-0.25, -0.2) is 0 Å². The third kappa shape index (κ3) is 4.44. The molecule has 0 aliphatic rings. The number of hydrogen-bond donors (Lipinski definition) is 1. The lowest BCUT2D eigenvalue weighted by Crippen LogP contribution is -2.28. The van der Waals surface area contributed by atoms with E-state index < -0.39 is 0 Å². The van der Waals surface area contributed by atoms with Crippen molar-refractivity contribution in [2.45, 2.75) is 33.7 Å². The highest BCUT2D eigenvalue weighted by Gasteiger charge is 2.14. The molecular formula is C13H19BrClN. The van der Waals surface area contributed by atoms with Crippen LogP contribution >= 0.6 is 27.5 Å². The van der Waals surface area contributed by atoms with Crippen molar-refractivity contribution in [2.75, 3.05) is 6.54 Å². The van der Waals surface area contributed by atoms with Crippen molar-refractivity contribution in [3.8, 4) is 0 Å². The summed E-state index contributed by atoms with van der Waals surface area (Å²) in [5, 5.41) is 4.28. The molecule has 0 saturated carbocycles. The molecule has 0 aromatic heterocycles. The number of halogens is 2. The molecule has 0 heterocycles. The Hall–Kier alpha value is -0.0500. The van der Waals surface area contributed by atoms with E-state index in [-0.39, 0.29) is 0 Å². The van der Waals surface area contributed by atoms with Crippen LogP contribution in [-0.2, 0) is 6.54 Å². The van der Waals surface area contributed by atoms with Crippen molar-refractivity contribution in [1.29, 1.82) is 0 Å². The Balaban J connectivity index is 2.52. The van der Waals surface area contributed by atoms with Gasteiger partial charge in [0.15, 0.2) is 0 Å². The molecule has 0 amide bonds. The number of nitrogens with one attached hydrogen (secondary N) is 1. The second-order valence-electron chi connectivity index (χ2n) is 4.86. The fourth-order valence-electron chi connectivity index (χ4n) is 1.34. The molecule has 1 nitrogen and oxygen atoms in total. The van der Waals surface area contributed by atoms with E-state index in [4.69, 9.17) is 11.6 Å². The normalized spacial score (nSPS) is 11.8. The minimum atomic E-state index is 0.346. The topological polar surface area (TPSA) is 12.0 Å². The Morgan fingerprint density at radius 3 is 2.69 bits per heavy atom. The van der Waals surface area contributed by atoms with Gasteiger partial charge in [0.1, 0.15) is 0 Å². The van der Waals surface area contributed by atoms with E-state index in [1.54, 1.807) is 0 Å². The van der Waals surface area contributed by atoms with Crippen LogP contribution in [0.3, 0.4) is 0 Å². The zero-order chi connectivity index (χ0) is 12.2. The predicted octanol–water partition coefficient (Wildman–Crippen LogP) is 4.63. The molecule has 0 aliphatic heterocycles. The highest BCUT2D eigenvalue weighted by Crippen LogP contribution is 2.22. The number of hydrogen-bond acceptors (Lipinski definition) is 1. The maximum absolute atomic E-state index is 6.12. The lowest BCUT2D eigenvalue weighted by Gasteiger charge is -2.23. The summed E-state index contributed by atoms with van der Waals surface area (Å²) in [6.45, 7) is 8.58. The summed E-state index contributed by atoms with van der Waals surface area (Å²) >= 11 is 9.57. The monoisotopic (exact) mass is 303 g/mol. The van der Waals surface area contributed by atoms with Gasteiger partial charge in [-0.05, 0) is 35.6 Å². The first-order valence-corrected chi connectivity index (χ1v) is 6.76. The largest absolute Gasteiger partial charge is 0.312 e. The van der Waals surface area contributed by atoms with E-state index >= 15 is 0 Å². The molecule has 1 N–H and O–H groups in total. The third-order valence-corrected chi connectivity index (χ3v) is 3.75. The Morgan fingerprint density at radius 2 is 2.06 bits per heavy atom. The van der Waals surface area contributed by atoms with E-state index in [0.717, 1.165) is 28.1 Å². The summed E-state index contributed by atoms with van der Waals surface area (Å²) in [5.74, 6) is 0. The van der Waals surface area contributed by atoms with Crippen LogP contribution in [-0.4, -0.2) is 6.54 Å². The first-order chi connectivity index (χ1) is 7.44. The molecule has 90 valence electrons. The molecule has 16 heavy (non-hydrogen) atoms. The third-order valence-electron chi connectivity index (χ3n) is 2.88. The molecule has 1 aromatic rings. The van der Waals surface area contributed by atoms with E-state index in [0.29, 0.717) is 5.41 Å². The SMILES string of the molecule is CCC(C)(C)CNCc1cc(Br)ccc1Cl. The van der Waals surface area contributed by atoms with Crippen LogP contribution in [0.4, 0.5) is 0 Å². The van der Waals surface area contributed by atoms with Gasteiger partial charge in [0, 0.05) is 22.6 Å². The molecule has 1 aromatic carbocycles. The molecule has 0 spiro atoms. The van der Waals surface area contributed by atoms with Gasteiger partial charge in [-0.15, -0.1) is 0 Å². The second kappa shape index (κ2) is 6.04. The number of rotatable bonds is 5. The Bertz CT molecular complexity index is 350. The molecule has 0 radical (unpaired) electrons. The van der Waals surface area contributed by atoms with Gasteiger partial charge in [-0.2, -0.15) is 0 Å². The molecule has 0 aliphatic carbocycles. The first-order valence-electron chi connectivity index (χ1n) is 5.59. The van der Waals surface area contributed by atoms with Gasteiger partial charge in [-0.3, -0.25) is 0 Å². The van der Waals surface area contributed by atoms with Gasteiger partial charge in [0.2, 0.25) is 0 Å². The predicted molar refractivity (Wildman–Crippen MR) is 74.9 cm³/mol. The van der Waals surface area contributed by atoms with Gasteiger partial charge in [-0.1, -0.05) is 48.3 Å². The van der Waals surface area contributed by atoms with Gasteiger partial charge in [0.25, 0.3) is 0 Å². The van der Waals surface area contributed by atoms with Crippen molar-refractivity contribution >= 4 is 27.5 Å². The zero-order valence-corrected chi connectivity index (χ0v) is 12.5. The minimum Gasteiger partial charge on any atom is -0.312 e. The van der Waals surface area contributed by atoms with Crippen LogP contribution < -0.4 is 5.32 Å². The average Bonchev–Trinajstić information content (AvgIpc) is 2.23. The summed E-state index contributed by atoms with van der Waals surface area (Å²) in [4.78, 5) is 0. The fourth-order valence-corrected chi connectivity index (χ4v) is 1.93. The summed E-state index contributed by atoms with van der Waals surface area (Å²) in [6, 6.07) is 5.95. The Labute approximate surface area is 112 Å². The molecule has 0 saturated heterocycles. The second-order valence-corrected chi connectivity index (χ2v) is 6.18. The van der Waals surface area contributed by atoms with Gasteiger partial charge in [0.05, 0.1) is 0 Å².